The molecule has 1 fully saturated rings. The molecule has 1 saturated heterocycles. The van der Waals surface area contributed by atoms with Gasteiger partial charge in [0, 0.05) is 22.5 Å². The van der Waals surface area contributed by atoms with E-state index in [1.54, 1.807) is 0 Å². The van der Waals surface area contributed by atoms with Gasteiger partial charge < -0.3 is 10.6 Å². The first-order valence-electron chi connectivity index (χ1n) is 10.5. The second-order valence-electron chi connectivity index (χ2n) is 8.13. The fourth-order valence-corrected chi connectivity index (χ4v) is 4.12. The van der Waals surface area contributed by atoms with E-state index in [0.717, 1.165) is 39.5 Å². The molecular formula is C25H24ClN3O3. The first kappa shape index (κ1) is 21.8. The average Bonchev–Trinajstić information content (AvgIpc) is 3.02. The van der Waals surface area contributed by atoms with Gasteiger partial charge in [0.05, 0.1) is 0 Å². The third-order valence-electron chi connectivity index (χ3n) is 5.73. The summed E-state index contributed by atoms with van der Waals surface area (Å²) in [6.45, 7) is 5.71. The molecule has 0 aromatic heterocycles. The van der Waals surface area contributed by atoms with E-state index in [9.17, 15) is 14.4 Å². The number of benzene rings is 2. The fraction of sp³-hybridized carbons (Fsp3) is 0.240. The molecule has 1 unspecified atom stereocenters. The number of hydrogen-bond donors (Lipinski definition) is 2. The molecule has 1 atom stereocenters. The summed E-state index contributed by atoms with van der Waals surface area (Å²) in [5, 5.41) is 6.43. The Morgan fingerprint density at radius 3 is 2.59 bits per heavy atom. The van der Waals surface area contributed by atoms with Crippen molar-refractivity contribution in [3.63, 3.8) is 0 Å². The van der Waals surface area contributed by atoms with Crippen molar-refractivity contribution >= 4 is 35.0 Å². The highest BCUT2D eigenvalue weighted by molar-refractivity contribution is 6.31. The van der Waals surface area contributed by atoms with Crippen LogP contribution in [0.5, 0.6) is 0 Å². The molecule has 3 amide bonds. The molecule has 2 N–H and O–H groups in total. The Morgan fingerprint density at radius 1 is 1.12 bits per heavy atom. The van der Waals surface area contributed by atoms with Crippen LogP contribution in [0.15, 0.2) is 66.5 Å². The minimum atomic E-state index is -0.816. The summed E-state index contributed by atoms with van der Waals surface area (Å²) in [6, 6.07) is 13.0. The predicted octanol–water partition coefficient (Wildman–Crippen LogP) is 3.89. The number of aryl methyl sites for hydroxylation is 3. The van der Waals surface area contributed by atoms with E-state index < -0.39 is 17.9 Å². The average molecular weight is 450 g/mol. The van der Waals surface area contributed by atoms with Crippen LogP contribution in [0.2, 0.25) is 5.02 Å². The zero-order chi connectivity index (χ0) is 22.8. The second kappa shape index (κ2) is 9.01. The molecule has 2 heterocycles. The van der Waals surface area contributed by atoms with Gasteiger partial charge >= 0.3 is 0 Å². The zero-order valence-corrected chi connectivity index (χ0v) is 18.5. The molecular weight excluding hydrogens is 426 g/mol. The van der Waals surface area contributed by atoms with Crippen LogP contribution < -0.4 is 10.6 Å². The summed E-state index contributed by atoms with van der Waals surface area (Å²) < 4.78 is 0. The molecule has 4 rings (SSSR count). The Hall–Kier alpha value is -3.38. The van der Waals surface area contributed by atoms with Crippen molar-refractivity contribution < 1.29 is 14.4 Å². The monoisotopic (exact) mass is 449 g/mol. The van der Waals surface area contributed by atoms with Gasteiger partial charge in [-0.3, -0.25) is 19.3 Å². The number of imide groups is 1. The van der Waals surface area contributed by atoms with Gasteiger partial charge in [-0.25, -0.2) is 0 Å². The van der Waals surface area contributed by atoms with Crippen LogP contribution in [-0.4, -0.2) is 28.7 Å². The van der Waals surface area contributed by atoms with Crippen molar-refractivity contribution in [1.29, 1.82) is 0 Å². The van der Waals surface area contributed by atoms with Gasteiger partial charge in [-0.15, -0.1) is 0 Å². The summed E-state index contributed by atoms with van der Waals surface area (Å²) in [4.78, 5) is 38.6. The normalized spacial score (nSPS) is 18.6. The Bertz CT molecular complexity index is 1150. The van der Waals surface area contributed by atoms with E-state index in [1.165, 1.54) is 6.08 Å². The molecule has 0 radical (unpaired) electrons. The number of piperidine rings is 1. The van der Waals surface area contributed by atoms with Gasteiger partial charge in [-0.1, -0.05) is 42.4 Å². The van der Waals surface area contributed by atoms with Gasteiger partial charge in [0.15, 0.2) is 0 Å². The highest BCUT2D eigenvalue weighted by Gasteiger charge is 2.41. The number of amides is 3. The zero-order valence-electron chi connectivity index (χ0n) is 17.8. The van der Waals surface area contributed by atoms with Gasteiger partial charge in [0.1, 0.15) is 11.7 Å². The topological polar surface area (TPSA) is 78.5 Å². The number of carbonyl (C=O) groups excluding carboxylic acids is 3. The molecule has 2 aromatic rings. The number of allylic oxidation sites excluding steroid dienone is 1. The molecule has 2 aromatic carbocycles. The minimum Gasteiger partial charge on any atom is -0.351 e. The van der Waals surface area contributed by atoms with Crippen molar-refractivity contribution in [2.45, 2.75) is 38.6 Å². The number of halogens is 1. The molecule has 2 aliphatic heterocycles. The lowest BCUT2D eigenvalue weighted by molar-refractivity contribution is -0.146. The van der Waals surface area contributed by atoms with Gasteiger partial charge in [0.2, 0.25) is 5.91 Å². The van der Waals surface area contributed by atoms with E-state index in [1.807, 2.05) is 43.3 Å². The highest BCUT2D eigenvalue weighted by atomic mass is 35.5. The number of carbonyl (C=O) groups is 3. The fourth-order valence-electron chi connectivity index (χ4n) is 3.92. The number of rotatable bonds is 6. The van der Waals surface area contributed by atoms with Crippen molar-refractivity contribution in [3.05, 3.63) is 88.2 Å². The summed E-state index contributed by atoms with van der Waals surface area (Å²) in [5.41, 5.74) is 4.76. The van der Waals surface area contributed by atoms with Crippen LogP contribution in [0.1, 0.15) is 29.5 Å². The number of anilines is 1. The largest absolute Gasteiger partial charge is 0.351 e. The van der Waals surface area contributed by atoms with Gasteiger partial charge in [0.25, 0.3) is 11.8 Å². The third-order valence-corrected chi connectivity index (χ3v) is 6.14. The summed E-state index contributed by atoms with van der Waals surface area (Å²) >= 11 is 6.22. The van der Waals surface area contributed by atoms with Crippen LogP contribution in [0, 0.1) is 6.92 Å². The molecule has 32 heavy (non-hydrogen) atoms. The minimum absolute atomic E-state index is 0.162. The molecule has 0 aliphatic carbocycles. The Kier molecular flexibility index (Phi) is 6.15. The van der Waals surface area contributed by atoms with Crippen molar-refractivity contribution in [2.75, 3.05) is 5.32 Å². The summed E-state index contributed by atoms with van der Waals surface area (Å²) in [5.74, 6) is -1.37. The lowest BCUT2D eigenvalue weighted by Gasteiger charge is -2.29. The summed E-state index contributed by atoms with van der Waals surface area (Å²) in [6.07, 6.45) is 3.80. The third kappa shape index (κ3) is 4.60. The van der Waals surface area contributed by atoms with Gasteiger partial charge in [-0.2, -0.15) is 0 Å². The van der Waals surface area contributed by atoms with Crippen molar-refractivity contribution in [2.24, 2.45) is 0 Å². The number of nitrogens with zero attached hydrogens (tertiary/aromatic N) is 1. The number of hydrogen-bond acceptors (Lipinski definition) is 4. The molecule has 164 valence electrons. The second-order valence-corrected chi connectivity index (χ2v) is 8.53. The quantitative estimate of drug-likeness (QED) is 0.656. The van der Waals surface area contributed by atoms with Crippen molar-refractivity contribution in [3.8, 4) is 0 Å². The van der Waals surface area contributed by atoms with E-state index >= 15 is 0 Å². The lowest BCUT2D eigenvalue weighted by Crippen LogP contribution is -2.52. The van der Waals surface area contributed by atoms with E-state index in [-0.39, 0.29) is 11.6 Å². The molecule has 6 nitrogen and oxygen atoms in total. The Morgan fingerprint density at radius 2 is 1.88 bits per heavy atom. The van der Waals surface area contributed by atoms with Crippen molar-refractivity contribution in [1.82, 2.24) is 10.2 Å². The highest BCUT2D eigenvalue weighted by Crippen LogP contribution is 2.25. The van der Waals surface area contributed by atoms with Crippen LogP contribution in [-0.2, 0) is 27.2 Å². The Labute approximate surface area is 191 Å². The lowest BCUT2D eigenvalue weighted by atomic mass is 10.0. The van der Waals surface area contributed by atoms with E-state index in [2.05, 4.69) is 23.3 Å². The smallest absolute Gasteiger partial charge is 0.278 e. The van der Waals surface area contributed by atoms with Crippen LogP contribution in [0.4, 0.5) is 5.69 Å². The van der Waals surface area contributed by atoms with Crippen LogP contribution >= 0.6 is 11.6 Å². The maximum atomic E-state index is 12.9. The van der Waals surface area contributed by atoms with Gasteiger partial charge in [-0.05, 0) is 67.5 Å². The maximum absolute atomic E-state index is 12.9. The predicted molar refractivity (Wildman–Crippen MR) is 124 cm³/mol. The summed E-state index contributed by atoms with van der Waals surface area (Å²) in [7, 11) is 0. The molecule has 0 spiro atoms. The number of nitrogens with one attached hydrogen (secondary N) is 2. The van der Waals surface area contributed by atoms with E-state index in [4.69, 9.17) is 11.6 Å². The SMILES string of the molecule is C=C1CCC(N2C(=O)C=C(Nc3cccc(CCc4ccc(C)c(Cl)c4)c3)C2=O)C(=O)N1. The molecule has 0 bridgehead atoms. The first-order valence-corrected chi connectivity index (χ1v) is 10.9. The van der Waals surface area contributed by atoms with Crippen LogP contribution in [0.25, 0.3) is 0 Å². The first-order chi connectivity index (χ1) is 15.3. The molecule has 0 saturated carbocycles. The molecule has 7 heteroatoms. The van der Waals surface area contributed by atoms with Crippen LogP contribution in [0.3, 0.4) is 0 Å². The maximum Gasteiger partial charge on any atom is 0.278 e. The Balaban J connectivity index is 1.42. The molecule has 2 aliphatic rings. The standard InChI is InChI=1S/C25H24ClN3O3/c1-15-6-8-18(13-20(15)26)10-9-17-4-3-5-19(12-17)28-21-14-23(30)29(25(21)32)22-11-7-16(2)27-24(22)31/h3-6,8,12-14,22,28H,2,7,9-11H2,1H3,(H,27,31). The van der Waals surface area contributed by atoms with E-state index in [0.29, 0.717) is 24.2 Å².